The van der Waals surface area contributed by atoms with Crippen LogP contribution in [-0.4, -0.2) is 40.6 Å². The van der Waals surface area contributed by atoms with Crippen molar-refractivity contribution in [1.82, 2.24) is 0 Å². The standard InChI is InChI=1S/C32H33NO7/c1-6-39-26-15-12-21(17-25(26)18(2)3)29(35)27-28(20-10-13-24(34)14-11-20)33(31(37)30(27)36)23-9-7-8-22(16-23)32(38)40-19(4)5/h7-19,28,34-35H,6H2,1-5H3/b29-27-. The number of ketones is 1. The summed E-state index contributed by atoms with van der Waals surface area (Å²) >= 11 is 0. The van der Waals surface area contributed by atoms with Crippen molar-refractivity contribution in [2.24, 2.45) is 0 Å². The molecule has 0 spiro atoms. The normalized spacial score (nSPS) is 16.6. The molecule has 1 aliphatic rings. The van der Waals surface area contributed by atoms with Gasteiger partial charge in [0.15, 0.2) is 0 Å². The van der Waals surface area contributed by atoms with Crippen molar-refractivity contribution >= 4 is 29.1 Å². The Morgan fingerprint density at radius 1 is 0.950 bits per heavy atom. The third-order valence-electron chi connectivity index (χ3n) is 6.56. The average Bonchev–Trinajstić information content (AvgIpc) is 3.18. The number of Topliss-reactive ketones (excluding diaryl/α,β-unsaturated/α-hetero) is 1. The Bertz CT molecular complexity index is 1470. The van der Waals surface area contributed by atoms with Gasteiger partial charge in [-0.25, -0.2) is 4.79 Å². The largest absolute Gasteiger partial charge is 0.508 e. The van der Waals surface area contributed by atoms with Crippen LogP contribution in [-0.2, 0) is 14.3 Å². The van der Waals surface area contributed by atoms with E-state index in [1.165, 1.54) is 23.1 Å². The number of aliphatic hydroxyl groups is 1. The van der Waals surface area contributed by atoms with Crippen molar-refractivity contribution in [3.8, 4) is 11.5 Å². The maximum absolute atomic E-state index is 13.5. The summed E-state index contributed by atoms with van der Waals surface area (Å²) in [7, 11) is 0. The van der Waals surface area contributed by atoms with Crippen molar-refractivity contribution in [3.05, 3.63) is 94.6 Å². The molecule has 0 radical (unpaired) electrons. The van der Waals surface area contributed by atoms with E-state index in [-0.39, 0.29) is 40.4 Å². The molecule has 1 unspecified atom stereocenters. The fraction of sp³-hybridized carbons (Fsp3) is 0.281. The first-order valence-electron chi connectivity index (χ1n) is 13.2. The van der Waals surface area contributed by atoms with Gasteiger partial charge in [0.2, 0.25) is 0 Å². The molecule has 1 amide bonds. The predicted octanol–water partition coefficient (Wildman–Crippen LogP) is 6.11. The van der Waals surface area contributed by atoms with Crippen LogP contribution in [0.25, 0.3) is 5.76 Å². The van der Waals surface area contributed by atoms with Crippen molar-refractivity contribution in [1.29, 1.82) is 0 Å². The Hall–Kier alpha value is -4.59. The Kier molecular flexibility index (Phi) is 8.28. The number of hydrogen-bond donors (Lipinski definition) is 2. The number of phenolic OH excluding ortho intramolecular Hbond substituents is 1. The van der Waals surface area contributed by atoms with Crippen LogP contribution in [0.4, 0.5) is 5.69 Å². The first kappa shape index (κ1) is 28.4. The van der Waals surface area contributed by atoms with Crippen LogP contribution < -0.4 is 9.64 Å². The van der Waals surface area contributed by atoms with E-state index in [0.29, 0.717) is 23.5 Å². The average molecular weight is 544 g/mol. The van der Waals surface area contributed by atoms with Gasteiger partial charge in [0.25, 0.3) is 11.7 Å². The summed E-state index contributed by atoms with van der Waals surface area (Å²) in [5.41, 5.74) is 2.09. The minimum atomic E-state index is -1.02. The van der Waals surface area contributed by atoms with Crippen molar-refractivity contribution in [2.45, 2.75) is 52.7 Å². The number of carbonyl (C=O) groups excluding carboxylic acids is 3. The van der Waals surface area contributed by atoms with E-state index in [9.17, 15) is 24.6 Å². The van der Waals surface area contributed by atoms with Gasteiger partial charge in [-0.2, -0.15) is 0 Å². The van der Waals surface area contributed by atoms with Gasteiger partial charge in [-0.15, -0.1) is 0 Å². The van der Waals surface area contributed by atoms with Gasteiger partial charge >= 0.3 is 5.97 Å². The van der Waals surface area contributed by atoms with E-state index in [2.05, 4.69) is 0 Å². The number of hydrogen-bond acceptors (Lipinski definition) is 7. The van der Waals surface area contributed by atoms with Crippen LogP contribution in [0.15, 0.2) is 72.3 Å². The maximum atomic E-state index is 13.5. The molecule has 1 fully saturated rings. The maximum Gasteiger partial charge on any atom is 0.338 e. The van der Waals surface area contributed by atoms with Crippen LogP contribution in [0.5, 0.6) is 11.5 Å². The Morgan fingerprint density at radius 3 is 2.27 bits per heavy atom. The SMILES string of the molecule is CCOc1ccc(/C(O)=C2/C(=O)C(=O)N(c3cccc(C(=O)OC(C)C)c3)C2c2ccc(O)cc2)cc1C(C)C. The van der Waals surface area contributed by atoms with Gasteiger partial charge in [0, 0.05) is 11.3 Å². The van der Waals surface area contributed by atoms with Crippen molar-refractivity contribution in [3.63, 3.8) is 0 Å². The number of aliphatic hydroxyl groups excluding tert-OH is 1. The smallest absolute Gasteiger partial charge is 0.338 e. The Labute approximate surface area is 233 Å². The first-order valence-corrected chi connectivity index (χ1v) is 13.2. The summed E-state index contributed by atoms with van der Waals surface area (Å²) < 4.78 is 11.0. The third-order valence-corrected chi connectivity index (χ3v) is 6.56. The zero-order chi connectivity index (χ0) is 29.1. The van der Waals surface area contributed by atoms with Crippen molar-refractivity contribution in [2.75, 3.05) is 11.5 Å². The topological polar surface area (TPSA) is 113 Å². The van der Waals surface area contributed by atoms with Gasteiger partial charge in [0.1, 0.15) is 17.3 Å². The molecule has 1 heterocycles. The number of phenols is 1. The number of aromatic hydroxyl groups is 1. The van der Waals surface area contributed by atoms with E-state index in [0.717, 1.165) is 5.56 Å². The summed E-state index contributed by atoms with van der Waals surface area (Å²) in [4.78, 5) is 40.9. The minimum absolute atomic E-state index is 0.00668. The molecule has 1 atom stereocenters. The summed E-state index contributed by atoms with van der Waals surface area (Å²) in [5.74, 6) is -1.88. The van der Waals surface area contributed by atoms with Crippen LogP contribution in [0.1, 0.15) is 73.6 Å². The van der Waals surface area contributed by atoms with E-state index >= 15 is 0 Å². The second-order valence-electron chi connectivity index (χ2n) is 10.1. The molecule has 8 heteroatoms. The number of benzene rings is 3. The van der Waals surface area contributed by atoms with Gasteiger partial charge in [-0.3, -0.25) is 14.5 Å². The molecule has 3 aromatic carbocycles. The molecule has 8 nitrogen and oxygen atoms in total. The summed E-state index contributed by atoms with van der Waals surface area (Å²) in [5, 5.41) is 21.4. The number of nitrogens with zero attached hydrogens (tertiary/aromatic N) is 1. The van der Waals surface area contributed by atoms with E-state index in [4.69, 9.17) is 9.47 Å². The van der Waals surface area contributed by atoms with Crippen LogP contribution in [0, 0.1) is 0 Å². The second kappa shape index (κ2) is 11.7. The number of carbonyl (C=O) groups is 3. The number of anilines is 1. The predicted molar refractivity (Wildman–Crippen MR) is 152 cm³/mol. The molecule has 1 saturated heterocycles. The lowest BCUT2D eigenvalue weighted by atomic mass is 9.93. The lowest BCUT2D eigenvalue weighted by Gasteiger charge is -2.26. The quantitative estimate of drug-likeness (QED) is 0.153. The van der Waals surface area contributed by atoms with Crippen LogP contribution in [0.2, 0.25) is 0 Å². The molecule has 2 N–H and O–H groups in total. The molecular formula is C32H33NO7. The number of amides is 1. The van der Waals surface area contributed by atoms with E-state index in [1.54, 1.807) is 62.4 Å². The Balaban J connectivity index is 1.90. The monoisotopic (exact) mass is 543 g/mol. The van der Waals surface area contributed by atoms with Gasteiger partial charge < -0.3 is 19.7 Å². The molecular weight excluding hydrogens is 510 g/mol. The van der Waals surface area contributed by atoms with E-state index < -0.39 is 23.7 Å². The highest BCUT2D eigenvalue weighted by Gasteiger charge is 2.47. The number of esters is 1. The Morgan fingerprint density at radius 2 is 1.65 bits per heavy atom. The lowest BCUT2D eigenvalue weighted by Crippen LogP contribution is -2.29. The highest BCUT2D eigenvalue weighted by atomic mass is 16.5. The number of ether oxygens (including phenoxy) is 2. The highest BCUT2D eigenvalue weighted by Crippen LogP contribution is 2.43. The van der Waals surface area contributed by atoms with Crippen molar-refractivity contribution < 1.29 is 34.1 Å². The molecule has 1 aliphatic heterocycles. The molecule has 0 aromatic heterocycles. The minimum Gasteiger partial charge on any atom is -0.508 e. The number of rotatable bonds is 8. The molecule has 4 rings (SSSR count). The van der Waals surface area contributed by atoms with Gasteiger partial charge in [-0.1, -0.05) is 32.0 Å². The zero-order valence-corrected chi connectivity index (χ0v) is 23.2. The summed E-state index contributed by atoms with van der Waals surface area (Å²) in [6, 6.07) is 16.4. The lowest BCUT2D eigenvalue weighted by molar-refractivity contribution is -0.132. The fourth-order valence-corrected chi connectivity index (χ4v) is 4.73. The van der Waals surface area contributed by atoms with Crippen LogP contribution >= 0.6 is 0 Å². The zero-order valence-electron chi connectivity index (χ0n) is 23.2. The highest BCUT2D eigenvalue weighted by molar-refractivity contribution is 6.51. The molecule has 3 aromatic rings. The molecule has 40 heavy (non-hydrogen) atoms. The molecule has 0 bridgehead atoms. The van der Waals surface area contributed by atoms with Gasteiger partial charge in [0.05, 0.1) is 29.9 Å². The third kappa shape index (κ3) is 5.57. The summed E-state index contributed by atoms with van der Waals surface area (Å²) in [6.07, 6.45) is -0.341. The first-order chi connectivity index (χ1) is 19.0. The summed E-state index contributed by atoms with van der Waals surface area (Å²) in [6.45, 7) is 9.81. The molecule has 0 saturated carbocycles. The van der Waals surface area contributed by atoms with E-state index in [1.807, 2.05) is 20.8 Å². The molecule has 208 valence electrons. The fourth-order valence-electron chi connectivity index (χ4n) is 4.73. The van der Waals surface area contributed by atoms with Gasteiger partial charge in [-0.05, 0) is 86.3 Å². The van der Waals surface area contributed by atoms with Crippen LogP contribution in [0.3, 0.4) is 0 Å². The molecule has 0 aliphatic carbocycles. The second-order valence-corrected chi connectivity index (χ2v) is 10.1.